The molecule has 0 atom stereocenters. The number of anilines is 1. The first-order valence-corrected chi connectivity index (χ1v) is 13.2. The maximum absolute atomic E-state index is 15.5. The van der Waals surface area contributed by atoms with Gasteiger partial charge in [-0.3, -0.25) is 4.79 Å². The highest BCUT2D eigenvalue weighted by Gasteiger charge is 2.33. The highest BCUT2D eigenvalue weighted by molar-refractivity contribution is 7.91. The van der Waals surface area contributed by atoms with Gasteiger partial charge < -0.3 is 11.1 Å². The maximum Gasteiger partial charge on any atom is 0.241 e. The van der Waals surface area contributed by atoms with Gasteiger partial charge in [-0.15, -0.1) is 0 Å². The van der Waals surface area contributed by atoms with Crippen molar-refractivity contribution >= 4 is 31.5 Å². The minimum Gasteiger partial charge on any atom is -0.379 e. The van der Waals surface area contributed by atoms with Crippen molar-refractivity contribution in [1.82, 2.24) is 0 Å². The largest absolute Gasteiger partial charge is 0.379 e. The Bertz CT molecular complexity index is 1020. The van der Waals surface area contributed by atoms with Gasteiger partial charge in [-0.25, -0.2) is 26.4 Å². The molecule has 0 aliphatic heterocycles. The van der Waals surface area contributed by atoms with Crippen molar-refractivity contribution < 1.29 is 26.0 Å². The first kappa shape index (κ1) is 24.5. The first-order valence-electron chi connectivity index (χ1n) is 9.99. The van der Waals surface area contributed by atoms with Crippen LogP contribution in [0.5, 0.6) is 0 Å². The highest BCUT2D eigenvalue weighted by Crippen LogP contribution is 2.38. The smallest absolute Gasteiger partial charge is 0.241 e. The summed E-state index contributed by atoms with van der Waals surface area (Å²) in [7, 11) is -8.56. The Morgan fingerprint density at radius 1 is 1.00 bits per heavy atom. The molecule has 5 N–H and O–H groups in total. The molecule has 2 rings (SSSR count). The average Bonchev–Trinajstić information content (AvgIpc) is 2.58. The standard InChI is InChI=1S/C19H30FN3O5S2/c1-12-13(2)19(29(25,26)11-10-15(21)24)17(16(20)18(12)30(22,27)28)23-14-8-6-4-3-5-7-9-14/h14,23H,3-11H2,1-2H3,(H2,21,24)(H2,22,27,28). The van der Waals surface area contributed by atoms with E-state index in [0.29, 0.717) is 12.8 Å². The van der Waals surface area contributed by atoms with Crippen molar-refractivity contribution in [3.05, 3.63) is 16.9 Å². The number of primary sulfonamides is 1. The van der Waals surface area contributed by atoms with Crippen LogP contribution in [0.15, 0.2) is 9.79 Å². The minimum atomic E-state index is -4.43. The van der Waals surface area contributed by atoms with E-state index in [-0.39, 0.29) is 22.1 Å². The zero-order valence-electron chi connectivity index (χ0n) is 17.3. The normalized spacial score (nSPS) is 16.7. The molecule has 1 amide bonds. The number of sulfonamides is 1. The minimum absolute atomic E-state index is 0.0733. The quantitative estimate of drug-likeness (QED) is 0.564. The van der Waals surface area contributed by atoms with Crippen molar-refractivity contribution in [3.8, 4) is 0 Å². The zero-order chi connectivity index (χ0) is 22.7. The Hall–Kier alpha value is -1.72. The van der Waals surface area contributed by atoms with Gasteiger partial charge in [0.15, 0.2) is 15.7 Å². The molecular formula is C19H30FN3O5S2. The van der Waals surface area contributed by atoms with Gasteiger partial charge in [0.05, 0.1) is 16.3 Å². The third-order valence-corrected chi connectivity index (χ3v) is 8.48. The van der Waals surface area contributed by atoms with Crippen LogP contribution in [-0.4, -0.2) is 34.5 Å². The van der Waals surface area contributed by atoms with Gasteiger partial charge >= 0.3 is 0 Å². The number of rotatable bonds is 7. The molecule has 0 saturated heterocycles. The predicted molar refractivity (Wildman–Crippen MR) is 113 cm³/mol. The number of nitrogens with one attached hydrogen (secondary N) is 1. The Labute approximate surface area is 177 Å². The van der Waals surface area contributed by atoms with E-state index in [1.54, 1.807) is 0 Å². The summed E-state index contributed by atoms with van der Waals surface area (Å²) in [6.45, 7) is 2.72. The molecule has 1 saturated carbocycles. The number of amides is 1. The lowest BCUT2D eigenvalue weighted by atomic mass is 9.96. The second-order valence-electron chi connectivity index (χ2n) is 7.86. The lowest BCUT2D eigenvalue weighted by molar-refractivity contribution is -0.117. The molecule has 0 aromatic heterocycles. The molecule has 0 bridgehead atoms. The molecule has 30 heavy (non-hydrogen) atoms. The van der Waals surface area contributed by atoms with Crippen LogP contribution in [0.25, 0.3) is 0 Å². The third kappa shape index (κ3) is 5.70. The monoisotopic (exact) mass is 463 g/mol. The molecular weight excluding hydrogens is 433 g/mol. The second-order valence-corrected chi connectivity index (χ2v) is 11.4. The summed E-state index contributed by atoms with van der Waals surface area (Å²) in [5.74, 6) is -2.61. The lowest BCUT2D eigenvalue weighted by Crippen LogP contribution is -2.27. The molecule has 1 aliphatic rings. The van der Waals surface area contributed by atoms with Gasteiger partial charge in [-0.1, -0.05) is 32.1 Å². The van der Waals surface area contributed by atoms with E-state index in [0.717, 1.165) is 32.1 Å². The fraction of sp³-hybridized carbons (Fsp3) is 0.632. The van der Waals surface area contributed by atoms with E-state index in [4.69, 9.17) is 10.9 Å². The fourth-order valence-corrected chi connectivity index (χ4v) is 6.59. The van der Waals surface area contributed by atoms with Gasteiger partial charge in [0.1, 0.15) is 4.90 Å². The van der Waals surface area contributed by atoms with E-state index >= 15 is 4.39 Å². The third-order valence-electron chi connectivity index (χ3n) is 5.56. The van der Waals surface area contributed by atoms with Crippen LogP contribution < -0.4 is 16.2 Å². The number of carbonyl (C=O) groups is 1. The number of halogens is 1. The topological polar surface area (TPSA) is 149 Å². The van der Waals surface area contributed by atoms with Crippen molar-refractivity contribution in [2.45, 2.75) is 81.0 Å². The molecule has 0 radical (unpaired) electrons. The fourth-order valence-electron chi connectivity index (χ4n) is 3.90. The van der Waals surface area contributed by atoms with Crippen LogP contribution in [-0.2, 0) is 24.7 Å². The van der Waals surface area contributed by atoms with Gasteiger partial charge in [0, 0.05) is 12.5 Å². The van der Waals surface area contributed by atoms with Crippen LogP contribution in [0.4, 0.5) is 10.1 Å². The van der Waals surface area contributed by atoms with Gasteiger partial charge in [0.2, 0.25) is 15.9 Å². The number of carbonyl (C=O) groups excluding carboxylic acids is 1. The summed E-state index contributed by atoms with van der Waals surface area (Å²) in [5.41, 5.74) is 4.70. The highest BCUT2D eigenvalue weighted by atomic mass is 32.2. The van der Waals surface area contributed by atoms with E-state index in [1.165, 1.54) is 13.8 Å². The number of hydrogen-bond acceptors (Lipinski definition) is 6. The van der Waals surface area contributed by atoms with Crippen molar-refractivity contribution in [1.29, 1.82) is 0 Å². The molecule has 11 heteroatoms. The van der Waals surface area contributed by atoms with Crippen LogP contribution in [0.1, 0.15) is 62.5 Å². The van der Waals surface area contributed by atoms with Gasteiger partial charge in [0.25, 0.3) is 0 Å². The van der Waals surface area contributed by atoms with E-state index < -0.39 is 54.3 Å². The summed E-state index contributed by atoms with van der Waals surface area (Å²) < 4.78 is 65.6. The number of sulfone groups is 1. The molecule has 170 valence electrons. The van der Waals surface area contributed by atoms with Gasteiger partial charge in [-0.2, -0.15) is 0 Å². The molecule has 1 fully saturated rings. The van der Waals surface area contributed by atoms with Crippen LogP contribution >= 0.6 is 0 Å². The maximum atomic E-state index is 15.5. The van der Waals surface area contributed by atoms with E-state index in [9.17, 15) is 21.6 Å². The molecule has 1 aromatic carbocycles. The molecule has 0 unspecified atom stereocenters. The predicted octanol–water partition coefficient (Wildman–Crippen LogP) is 2.26. The second kappa shape index (κ2) is 9.61. The zero-order valence-corrected chi connectivity index (χ0v) is 19.0. The SMILES string of the molecule is Cc1c(C)c(S(=O)(=O)CCC(N)=O)c(NC2CCCCCCC2)c(F)c1S(N)(=O)=O. The summed E-state index contributed by atoms with van der Waals surface area (Å²) in [4.78, 5) is 10.1. The Morgan fingerprint density at radius 2 is 1.50 bits per heavy atom. The van der Waals surface area contributed by atoms with Crippen LogP contribution in [0.3, 0.4) is 0 Å². The van der Waals surface area contributed by atoms with E-state index in [2.05, 4.69) is 5.32 Å². The summed E-state index contributed by atoms with van der Waals surface area (Å²) in [6.07, 6.45) is 5.95. The molecule has 0 heterocycles. The number of hydrogen-bond donors (Lipinski definition) is 3. The number of benzene rings is 1. The lowest BCUT2D eigenvalue weighted by Gasteiger charge is -2.26. The number of primary amides is 1. The summed E-state index contributed by atoms with van der Waals surface area (Å²) in [5, 5.41) is 8.20. The molecule has 0 spiro atoms. The van der Waals surface area contributed by atoms with Crippen LogP contribution in [0, 0.1) is 19.7 Å². The number of nitrogens with two attached hydrogens (primary N) is 2. The van der Waals surface area contributed by atoms with Crippen molar-refractivity contribution in [2.75, 3.05) is 11.1 Å². The van der Waals surface area contributed by atoms with Crippen LogP contribution in [0.2, 0.25) is 0 Å². The van der Waals surface area contributed by atoms with Crippen molar-refractivity contribution in [2.24, 2.45) is 10.9 Å². The average molecular weight is 464 g/mol. The molecule has 8 nitrogen and oxygen atoms in total. The Balaban J connectivity index is 2.68. The summed E-state index contributed by atoms with van der Waals surface area (Å²) >= 11 is 0. The molecule has 1 aliphatic carbocycles. The van der Waals surface area contributed by atoms with E-state index in [1.807, 2.05) is 0 Å². The Kier molecular flexibility index (Phi) is 7.86. The first-order chi connectivity index (χ1) is 13.9. The van der Waals surface area contributed by atoms with Crippen molar-refractivity contribution in [3.63, 3.8) is 0 Å². The Morgan fingerprint density at radius 3 is 2.00 bits per heavy atom. The molecule has 1 aromatic rings. The summed E-state index contributed by atoms with van der Waals surface area (Å²) in [6, 6.07) is -0.208. The van der Waals surface area contributed by atoms with Gasteiger partial charge in [-0.05, 0) is 37.8 Å².